The lowest BCUT2D eigenvalue weighted by molar-refractivity contribution is -0.142. The highest BCUT2D eigenvalue weighted by atomic mass is 16.5. The van der Waals surface area contributed by atoms with Crippen LogP contribution in [0.3, 0.4) is 0 Å². The van der Waals surface area contributed by atoms with Gasteiger partial charge in [0.15, 0.2) is 0 Å². The maximum atomic E-state index is 10.9. The second-order valence-electron chi connectivity index (χ2n) is 2.75. The second kappa shape index (κ2) is 4.07. The number of carbonyl (C=O) groups is 1. The molecule has 1 aliphatic rings. The van der Waals surface area contributed by atoms with E-state index in [1.807, 2.05) is 12.2 Å². The third-order valence-corrected chi connectivity index (χ3v) is 1.81. The van der Waals surface area contributed by atoms with Crippen LogP contribution in [0.4, 0.5) is 0 Å². The van der Waals surface area contributed by atoms with E-state index in [4.69, 9.17) is 5.73 Å². The molecule has 0 heterocycles. The molecule has 3 heteroatoms. The predicted octanol–water partition coefficient (Wildman–Crippen LogP) is 0.763. The van der Waals surface area contributed by atoms with Gasteiger partial charge >= 0.3 is 5.97 Å². The highest BCUT2D eigenvalue weighted by molar-refractivity contribution is 5.75. The molecule has 0 aromatic rings. The summed E-state index contributed by atoms with van der Waals surface area (Å²) in [5, 5.41) is 0. The van der Waals surface area contributed by atoms with Gasteiger partial charge in [-0.2, -0.15) is 0 Å². The van der Waals surface area contributed by atoms with Crippen LogP contribution in [0.1, 0.15) is 12.8 Å². The fraction of sp³-hybridized carbons (Fsp3) is 0.444. The first-order valence-corrected chi connectivity index (χ1v) is 3.93. The Morgan fingerprint density at radius 3 is 3.08 bits per heavy atom. The molecule has 12 heavy (non-hydrogen) atoms. The predicted molar refractivity (Wildman–Crippen MR) is 46.4 cm³/mol. The third-order valence-electron chi connectivity index (χ3n) is 1.81. The van der Waals surface area contributed by atoms with Gasteiger partial charge in [-0.3, -0.25) is 4.79 Å². The Hall–Kier alpha value is -1.09. The Kier molecular flexibility index (Phi) is 3.05. The Labute approximate surface area is 71.9 Å². The second-order valence-corrected chi connectivity index (χ2v) is 2.75. The summed E-state index contributed by atoms with van der Waals surface area (Å²) in [4.78, 5) is 10.9. The Morgan fingerprint density at radius 2 is 2.58 bits per heavy atom. The lowest BCUT2D eigenvalue weighted by Crippen LogP contribution is -2.31. The van der Waals surface area contributed by atoms with Crippen LogP contribution in [0, 0.1) is 0 Å². The van der Waals surface area contributed by atoms with Gasteiger partial charge in [0.1, 0.15) is 6.04 Å². The van der Waals surface area contributed by atoms with Crippen LogP contribution in [0.15, 0.2) is 23.8 Å². The normalized spacial score (nSPS) is 17.3. The van der Waals surface area contributed by atoms with Gasteiger partial charge in [0.2, 0.25) is 0 Å². The maximum absolute atomic E-state index is 10.9. The van der Waals surface area contributed by atoms with Crippen molar-refractivity contribution in [2.75, 3.05) is 7.11 Å². The first-order chi connectivity index (χ1) is 5.74. The molecule has 1 unspecified atom stereocenters. The first-order valence-electron chi connectivity index (χ1n) is 3.93. The van der Waals surface area contributed by atoms with Gasteiger partial charge in [0.25, 0.3) is 0 Å². The maximum Gasteiger partial charge on any atom is 0.322 e. The van der Waals surface area contributed by atoms with E-state index >= 15 is 0 Å². The number of hydrogen-bond donors (Lipinski definition) is 1. The summed E-state index contributed by atoms with van der Waals surface area (Å²) < 4.78 is 4.51. The van der Waals surface area contributed by atoms with Gasteiger partial charge in [0.05, 0.1) is 7.11 Å². The van der Waals surface area contributed by atoms with E-state index in [0.717, 1.165) is 12.0 Å². The molecule has 0 spiro atoms. The molecule has 1 aliphatic carbocycles. The molecule has 0 aromatic carbocycles. The van der Waals surface area contributed by atoms with Gasteiger partial charge in [-0.25, -0.2) is 0 Å². The smallest absolute Gasteiger partial charge is 0.322 e. The van der Waals surface area contributed by atoms with Gasteiger partial charge in [-0.05, 0) is 18.4 Å². The molecule has 0 bridgehead atoms. The monoisotopic (exact) mass is 167 g/mol. The van der Waals surface area contributed by atoms with Gasteiger partial charge in [-0.15, -0.1) is 0 Å². The summed E-state index contributed by atoms with van der Waals surface area (Å²) in [6.45, 7) is 0. The molecular weight excluding hydrogens is 154 g/mol. The molecule has 0 aromatic heterocycles. The third kappa shape index (κ3) is 2.20. The number of ether oxygens (including phenoxy) is 1. The average Bonchev–Trinajstić information content (AvgIpc) is 2.55. The summed E-state index contributed by atoms with van der Waals surface area (Å²) in [5.41, 5.74) is 6.68. The summed E-state index contributed by atoms with van der Waals surface area (Å²) in [6.07, 6.45) is 7.61. The van der Waals surface area contributed by atoms with E-state index in [0.29, 0.717) is 6.42 Å². The minimum Gasteiger partial charge on any atom is -0.468 e. The molecule has 1 atom stereocenters. The van der Waals surface area contributed by atoms with Crippen LogP contribution in [-0.4, -0.2) is 19.1 Å². The van der Waals surface area contributed by atoms with Crippen molar-refractivity contribution in [2.45, 2.75) is 18.9 Å². The molecular formula is C9H13NO2. The number of esters is 1. The average molecular weight is 167 g/mol. The molecule has 3 nitrogen and oxygen atoms in total. The van der Waals surface area contributed by atoms with E-state index in [2.05, 4.69) is 10.8 Å². The van der Waals surface area contributed by atoms with Gasteiger partial charge in [0, 0.05) is 0 Å². The first kappa shape index (κ1) is 9.00. The van der Waals surface area contributed by atoms with Crippen molar-refractivity contribution in [1.82, 2.24) is 0 Å². The number of allylic oxidation sites excluding steroid dienone is 3. The fourth-order valence-electron chi connectivity index (χ4n) is 1.15. The zero-order valence-corrected chi connectivity index (χ0v) is 7.12. The van der Waals surface area contributed by atoms with Crippen molar-refractivity contribution in [2.24, 2.45) is 5.73 Å². The zero-order valence-electron chi connectivity index (χ0n) is 7.12. The fourth-order valence-corrected chi connectivity index (χ4v) is 1.15. The van der Waals surface area contributed by atoms with Crippen molar-refractivity contribution in [3.63, 3.8) is 0 Å². The Morgan fingerprint density at radius 1 is 1.83 bits per heavy atom. The van der Waals surface area contributed by atoms with Gasteiger partial charge < -0.3 is 10.5 Å². The molecule has 0 saturated heterocycles. The minimum absolute atomic E-state index is 0.351. The number of nitrogens with two attached hydrogens (primary N) is 1. The van der Waals surface area contributed by atoms with Crippen molar-refractivity contribution in [1.29, 1.82) is 0 Å². The Bertz CT molecular complexity index is 231. The summed E-state index contributed by atoms with van der Waals surface area (Å²) in [6, 6.07) is -0.524. The number of rotatable bonds is 3. The largest absolute Gasteiger partial charge is 0.468 e. The van der Waals surface area contributed by atoms with Crippen LogP contribution in [0.25, 0.3) is 0 Å². The summed E-state index contributed by atoms with van der Waals surface area (Å²) in [5.74, 6) is -0.351. The summed E-state index contributed by atoms with van der Waals surface area (Å²) in [7, 11) is 1.35. The molecule has 0 aliphatic heterocycles. The van der Waals surface area contributed by atoms with Gasteiger partial charge in [-0.1, -0.05) is 18.2 Å². The number of methoxy groups -OCH3 is 1. The van der Waals surface area contributed by atoms with Crippen molar-refractivity contribution in [3.8, 4) is 0 Å². The van der Waals surface area contributed by atoms with Crippen molar-refractivity contribution in [3.05, 3.63) is 23.8 Å². The standard InChI is InChI=1S/C9H13NO2/c1-12-9(11)8(10)6-7-4-2-3-5-7/h2,4-5,8H,3,6,10H2,1H3. The molecule has 0 saturated carbocycles. The lowest BCUT2D eigenvalue weighted by atomic mass is 10.1. The molecule has 0 fully saturated rings. The number of carbonyl (C=O) groups excluding carboxylic acids is 1. The van der Waals surface area contributed by atoms with E-state index in [1.54, 1.807) is 0 Å². The molecule has 0 amide bonds. The van der Waals surface area contributed by atoms with Crippen LogP contribution < -0.4 is 5.73 Å². The van der Waals surface area contributed by atoms with E-state index in [1.165, 1.54) is 7.11 Å². The molecule has 66 valence electrons. The SMILES string of the molecule is COC(=O)C(N)CC1=CCC=C1. The van der Waals surface area contributed by atoms with Crippen LogP contribution >= 0.6 is 0 Å². The zero-order chi connectivity index (χ0) is 8.97. The van der Waals surface area contributed by atoms with Crippen molar-refractivity contribution < 1.29 is 9.53 Å². The summed E-state index contributed by atoms with van der Waals surface area (Å²) >= 11 is 0. The quantitative estimate of drug-likeness (QED) is 0.631. The molecule has 0 radical (unpaired) electrons. The van der Waals surface area contributed by atoms with Crippen molar-refractivity contribution >= 4 is 5.97 Å². The highest BCUT2D eigenvalue weighted by Crippen LogP contribution is 2.14. The van der Waals surface area contributed by atoms with Crippen LogP contribution in [0.2, 0.25) is 0 Å². The molecule has 2 N–H and O–H groups in total. The van der Waals surface area contributed by atoms with E-state index in [9.17, 15) is 4.79 Å². The van der Waals surface area contributed by atoms with Crippen LogP contribution in [-0.2, 0) is 9.53 Å². The lowest BCUT2D eigenvalue weighted by Gasteiger charge is -2.07. The number of hydrogen-bond acceptors (Lipinski definition) is 3. The topological polar surface area (TPSA) is 52.3 Å². The van der Waals surface area contributed by atoms with Crippen LogP contribution in [0.5, 0.6) is 0 Å². The molecule has 1 rings (SSSR count). The highest BCUT2D eigenvalue weighted by Gasteiger charge is 2.14. The van der Waals surface area contributed by atoms with E-state index in [-0.39, 0.29) is 5.97 Å². The van der Waals surface area contributed by atoms with E-state index < -0.39 is 6.04 Å². The Balaban J connectivity index is 2.40. The minimum atomic E-state index is -0.524.